The topological polar surface area (TPSA) is 12.0 Å². The zero-order valence-corrected chi connectivity index (χ0v) is 9.24. The number of nitrogens with one attached hydrogen (secondary N) is 1. The van der Waals surface area contributed by atoms with Gasteiger partial charge in [0.05, 0.1) is 0 Å². The third-order valence-electron chi connectivity index (χ3n) is 3.13. The molecule has 2 aromatic carbocycles. The first-order valence-corrected chi connectivity index (χ1v) is 5.81. The molecular weight excluding hydrogens is 194 g/mol. The summed E-state index contributed by atoms with van der Waals surface area (Å²) in [6, 6.07) is 17.4. The van der Waals surface area contributed by atoms with Crippen LogP contribution in [0.4, 0.5) is 5.69 Å². The Morgan fingerprint density at radius 1 is 0.938 bits per heavy atom. The average Bonchev–Trinajstić information content (AvgIpc) is 2.77. The van der Waals surface area contributed by atoms with Gasteiger partial charge in [-0.05, 0) is 35.6 Å². The van der Waals surface area contributed by atoms with Gasteiger partial charge >= 0.3 is 0 Å². The van der Waals surface area contributed by atoms with Crippen LogP contribution in [0.5, 0.6) is 0 Å². The molecule has 1 N–H and O–H groups in total. The summed E-state index contributed by atoms with van der Waals surface area (Å²) in [6.45, 7) is 1.09. The number of rotatable bonds is 2. The van der Waals surface area contributed by atoms with Crippen molar-refractivity contribution in [2.24, 2.45) is 0 Å². The van der Waals surface area contributed by atoms with E-state index in [0.29, 0.717) is 0 Å². The Morgan fingerprint density at radius 2 is 1.81 bits per heavy atom. The summed E-state index contributed by atoms with van der Waals surface area (Å²) in [7, 11) is 0. The van der Waals surface area contributed by atoms with Crippen molar-refractivity contribution >= 4 is 5.69 Å². The van der Waals surface area contributed by atoms with Crippen LogP contribution in [0.2, 0.25) is 0 Å². The van der Waals surface area contributed by atoms with Gasteiger partial charge in [0.2, 0.25) is 0 Å². The fourth-order valence-corrected chi connectivity index (χ4v) is 2.30. The molecule has 0 radical (unpaired) electrons. The average molecular weight is 209 g/mol. The number of benzene rings is 2. The molecule has 1 heteroatoms. The number of anilines is 1. The Bertz CT molecular complexity index is 488. The van der Waals surface area contributed by atoms with Crippen LogP contribution in [0, 0.1) is 0 Å². The first-order valence-electron chi connectivity index (χ1n) is 5.81. The second-order valence-electron chi connectivity index (χ2n) is 4.33. The third kappa shape index (κ3) is 1.81. The molecule has 0 aliphatic carbocycles. The van der Waals surface area contributed by atoms with Gasteiger partial charge in [0.25, 0.3) is 0 Å². The Morgan fingerprint density at radius 3 is 2.69 bits per heavy atom. The molecule has 0 bridgehead atoms. The smallest absolute Gasteiger partial charge is 0.0373 e. The summed E-state index contributed by atoms with van der Waals surface area (Å²) in [5, 5.41) is 3.39. The summed E-state index contributed by atoms with van der Waals surface area (Å²) in [6.07, 6.45) is 2.20. The van der Waals surface area contributed by atoms with Gasteiger partial charge in [0.15, 0.2) is 0 Å². The molecule has 0 amide bonds. The van der Waals surface area contributed by atoms with Crippen molar-refractivity contribution in [2.45, 2.75) is 12.8 Å². The lowest BCUT2D eigenvalue weighted by atomic mass is 10.0. The lowest BCUT2D eigenvalue weighted by molar-refractivity contribution is 1.10. The van der Waals surface area contributed by atoms with E-state index in [4.69, 9.17) is 0 Å². The normalized spacial score (nSPS) is 13.2. The monoisotopic (exact) mass is 209 g/mol. The molecule has 80 valence electrons. The standard InChI is InChI=1S/C15H15N/c1-2-4-12(5-3-1)10-13-6-7-15-14(11-13)8-9-16-15/h1-7,11,16H,8-10H2. The van der Waals surface area contributed by atoms with Crippen LogP contribution >= 0.6 is 0 Å². The molecule has 1 aliphatic rings. The highest BCUT2D eigenvalue weighted by Crippen LogP contribution is 2.24. The molecular formula is C15H15N. The van der Waals surface area contributed by atoms with E-state index in [1.54, 1.807) is 0 Å². The summed E-state index contributed by atoms with van der Waals surface area (Å²) in [5.41, 5.74) is 5.58. The summed E-state index contributed by atoms with van der Waals surface area (Å²) in [4.78, 5) is 0. The highest BCUT2D eigenvalue weighted by atomic mass is 14.9. The SMILES string of the molecule is c1ccc(Cc2ccc3c(c2)CCN3)cc1. The van der Waals surface area contributed by atoms with Crippen LogP contribution in [0.1, 0.15) is 16.7 Å². The second-order valence-corrected chi connectivity index (χ2v) is 4.33. The fourth-order valence-electron chi connectivity index (χ4n) is 2.30. The lowest BCUT2D eigenvalue weighted by Crippen LogP contribution is -1.90. The molecule has 1 nitrogen and oxygen atoms in total. The Hall–Kier alpha value is -1.76. The minimum Gasteiger partial charge on any atom is -0.384 e. The van der Waals surface area contributed by atoms with Gasteiger partial charge < -0.3 is 5.32 Å². The molecule has 3 rings (SSSR count). The van der Waals surface area contributed by atoms with Crippen LogP contribution < -0.4 is 5.32 Å². The largest absolute Gasteiger partial charge is 0.384 e. The minimum atomic E-state index is 1.04. The predicted molar refractivity (Wildman–Crippen MR) is 67.9 cm³/mol. The summed E-state index contributed by atoms with van der Waals surface area (Å²) < 4.78 is 0. The molecule has 2 aromatic rings. The van der Waals surface area contributed by atoms with Crippen LogP contribution in [-0.4, -0.2) is 6.54 Å². The molecule has 0 unspecified atom stereocenters. The molecule has 1 aliphatic heterocycles. The van der Waals surface area contributed by atoms with E-state index in [9.17, 15) is 0 Å². The van der Waals surface area contributed by atoms with E-state index >= 15 is 0 Å². The number of hydrogen-bond acceptors (Lipinski definition) is 1. The van der Waals surface area contributed by atoms with Crippen molar-refractivity contribution in [3.05, 3.63) is 65.2 Å². The molecule has 0 saturated heterocycles. The van der Waals surface area contributed by atoms with E-state index in [2.05, 4.69) is 53.8 Å². The van der Waals surface area contributed by atoms with Gasteiger partial charge in [-0.2, -0.15) is 0 Å². The van der Waals surface area contributed by atoms with E-state index in [1.165, 1.54) is 22.4 Å². The minimum absolute atomic E-state index is 1.04. The van der Waals surface area contributed by atoms with Crippen LogP contribution in [0.3, 0.4) is 0 Å². The van der Waals surface area contributed by atoms with Crippen molar-refractivity contribution < 1.29 is 0 Å². The fraction of sp³-hybridized carbons (Fsp3) is 0.200. The molecule has 0 atom stereocenters. The van der Waals surface area contributed by atoms with E-state index in [1.807, 2.05) is 0 Å². The molecule has 0 fully saturated rings. The van der Waals surface area contributed by atoms with E-state index in [0.717, 1.165) is 19.4 Å². The van der Waals surface area contributed by atoms with Crippen molar-refractivity contribution in [3.8, 4) is 0 Å². The Labute approximate surface area is 96.1 Å². The predicted octanol–water partition coefficient (Wildman–Crippen LogP) is 3.25. The molecule has 0 spiro atoms. The highest BCUT2D eigenvalue weighted by Gasteiger charge is 2.09. The van der Waals surface area contributed by atoms with E-state index < -0.39 is 0 Å². The maximum absolute atomic E-state index is 3.39. The number of fused-ring (bicyclic) bond motifs is 1. The summed E-state index contributed by atoms with van der Waals surface area (Å²) in [5.74, 6) is 0. The highest BCUT2D eigenvalue weighted by molar-refractivity contribution is 5.56. The van der Waals surface area contributed by atoms with Crippen LogP contribution in [0.25, 0.3) is 0 Å². The Balaban J connectivity index is 1.86. The van der Waals surface area contributed by atoms with Crippen molar-refractivity contribution in [3.63, 3.8) is 0 Å². The first-order chi connectivity index (χ1) is 7.92. The van der Waals surface area contributed by atoms with Crippen LogP contribution in [0.15, 0.2) is 48.5 Å². The quantitative estimate of drug-likeness (QED) is 0.800. The Kier molecular flexibility index (Phi) is 2.37. The third-order valence-corrected chi connectivity index (χ3v) is 3.13. The van der Waals surface area contributed by atoms with Crippen molar-refractivity contribution in [2.75, 3.05) is 11.9 Å². The summed E-state index contributed by atoms with van der Waals surface area (Å²) >= 11 is 0. The van der Waals surface area contributed by atoms with Crippen molar-refractivity contribution in [1.29, 1.82) is 0 Å². The molecule has 0 saturated carbocycles. The van der Waals surface area contributed by atoms with Gasteiger partial charge in [-0.3, -0.25) is 0 Å². The van der Waals surface area contributed by atoms with Gasteiger partial charge in [0.1, 0.15) is 0 Å². The van der Waals surface area contributed by atoms with Gasteiger partial charge in [-0.25, -0.2) is 0 Å². The molecule has 1 heterocycles. The van der Waals surface area contributed by atoms with Gasteiger partial charge in [-0.1, -0.05) is 42.5 Å². The lowest BCUT2D eigenvalue weighted by Gasteiger charge is -2.05. The zero-order chi connectivity index (χ0) is 10.8. The number of hydrogen-bond donors (Lipinski definition) is 1. The van der Waals surface area contributed by atoms with E-state index in [-0.39, 0.29) is 0 Å². The van der Waals surface area contributed by atoms with Gasteiger partial charge in [0, 0.05) is 12.2 Å². The maximum Gasteiger partial charge on any atom is 0.0373 e. The van der Waals surface area contributed by atoms with Crippen molar-refractivity contribution in [1.82, 2.24) is 0 Å². The van der Waals surface area contributed by atoms with Gasteiger partial charge in [-0.15, -0.1) is 0 Å². The second kappa shape index (κ2) is 4.01. The molecule has 0 aromatic heterocycles. The van der Waals surface area contributed by atoms with Crippen LogP contribution in [-0.2, 0) is 12.8 Å². The zero-order valence-electron chi connectivity index (χ0n) is 9.24. The first kappa shape index (κ1) is 9.46. The molecule has 16 heavy (non-hydrogen) atoms. The maximum atomic E-state index is 3.39.